The summed E-state index contributed by atoms with van der Waals surface area (Å²) in [5, 5.41) is 21.4. The van der Waals surface area contributed by atoms with E-state index in [2.05, 4.69) is 20.5 Å². The molecule has 0 aliphatic heterocycles. The van der Waals surface area contributed by atoms with Crippen molar-refractivity contribution in [1.82, 2.24) is 24.5 Å². The van der Waals surface area contributed by atoms with Crippen LogP contribution in [0, 0.1) is 32.1 Å². The molecule has 1 N–H and O–H groups in total. The first-order chi connectivity index (χ1) is 15.2. The third kappa shape index (κ3) is 3.47. The van der Waals surface area contributed by atoms with Crippen molar-refractivity contribution in [3.8, 4) is 11.8 Å². The lowest BCUT2D eigenvalue weighted by Crippen LogP contribution is -2.19. The number of carbonyl (C=O) groups is 1. The zero-order chi connectivity index (χ0) is 23.2. The number of amides is 1. The number of fused-ring (bicyclic) bond motifs is 1. The second-order valence-electron chi connectivity index (χ2n) is 7.49. The molecule has 10 heteroatoms. The van der Waals surface area contributed by atoms with Crippen molar-refractivity contribution in [3.05, 3.63) is 64.4 Å². The van der Waals surface area contributed by atoms with E-state index in [1.807, 2.05) is 19.2 Å². The molecule has 0 saturated carbocycles. The molecule has 0 radical (unpaired) electrons. The molecule has 0 unspecified atom stereocenters. The number of nitrogens with zero attached hydrogens (tertiary/aromatic N) is 6. The van der Waals surface area contributed by atoms with Crippen molar-refractivity contribution in [2.75, 3.05) is 5.32 Å². The predicted molar refractivity (Wildman–Crippen MR) is 114 cm³/mol. The summed E-state index contributed by atoms with van der Waals surface area (Å²) in [6.45, 7) is 4.94. The lowest BCUT2D eigenvalue weighted by Gasteiger charge is -2.14. The SMILES string of the molecule is Cc1cc2cnn(-c3cnn(C)c3)c2cc1NC(=O)c1nc(C(F)F)c(C#N)c(C)c1C. The number of alkyl halides is 2. The van der Waals surface area contributed by atoms with Gasteiger partial charge in [0.25, 0.3) is 12.3 Å². The number of carbonyl (C=O) groups excluding carboxylic acids is 1. The molecule has 3 heterocycles. The van der Waals surface area contributed by atoms with Crippen LogP contribution in [0.4, 0.5) is 14.5 Å². The van der Waals surface area contributed by atoms with Crippen molar-refractivity contribution in [2.24, 2.45) is 7.05 Å². The first-order valence-corrected chi connectivity index (χ1v) is 9.69. The van der Waals surface area contributed by atoms with E-state index in [9.17, 15) is 18.8 Å². The summed E-state index contributed by atoms with van der Waals surface area (Å²) in [5.41, 5.74) is 2.42. The summed E-state index contributed by atoms with van der Waals surface area (Å²) in [5.74, 6) is -0.633. The van der Waals surface area contributed by atoms with Gasteiger partial charge in [-0.2, -0.15) is 15.5 Å². The lowest BCUT2D eigenvalue weighted by atomic mass is 10.0. The molecular formula is C22H19F2N7O. The normalized spacial score (nSPS) is 11.2. The van der Waals surface area contributed by atoms with Gasteiger partial charge >= 0.3 is 0 Å². The zero-order valence-electron chi connectivity index (χ0n) is 17.8. The highest BCUT2D eigenvalue weighted by Gasteiger charge is 2.24. The molecular weight excluding hydrogens is 416 g/mol. The summed E-state index contributed by atoms with van der Waals surface area (Å²) in [4.78, 5) is 16.8. The van der Waals surface area contributed by atoms with Gasteiger partial charge in [-0.25, -0.2) is 18.4 Å². The van der Waals surface area contributed by atoms with Crippen LogP contribution >= 0.6 is 0 Å². The van der Waals surface area contributed by atoms with Crippen LogP contribution in [0.1, 0.15) is 44.9 Å². The molecule has 0 fully saturated rings. The van der Waals surface area contributed by atoms with Crippen molar-refractivity contribution in [1.29, 1.82) is 5.26 Å². The molecule has 1 amide bonds. The van der Waals surface area contributed by atoms with Crippen LogP contribution in [0.2, 0.25) is 0 Å². The van der Waals surface area contributed by atoms with E-state index in [1.54, 1.807) is 47.9 Å². The minimum Gasteiger partial charge on any atom is -0.320 e. The summed E-state index contributed by atoms with van der Waals surface area (Å²) >= 11 is 0. The molecule has 0 bridgehead atoms. The number of rotatable bonds is 4. The standard InChI is InChI=1S/C22H19F2N7O/c1-11-5-14-8-27-31(15-9-26-30(4)10-15)18(14)6-17(11)28-22(32)19-13(3)12(2)16(7-25)20(29-19)21(23)24/h5-6,8-10,21H,1-4H3,(H,28,32). The molecule has 0 saturated heterocycles. The van der Waals surface area contributed by atoms with Gasteiger partial charge in [0.05, 0.1) is 29.7 Å². The maximum Gasteiger partial charge on any atom is 0.281 e. The minimum atomic E-state index is -2.97. The summed E-state index contributed by atoms with van der Waals surface area (Å²) < 4.78 is 30.2. The van der Waals surface area contributed by atoms with E-state index < -0.39 is 18.0 Å². The summed E-state index contributed by atoms with van der Waals surface area (Å²) in [6, 6.07) is 5.40. The molecule has 3 aromatic heterocycles. The quantitative estimate of drug-likeness (QED) is 0.519. The van der Waals surface area contributed by atoms with E-state index in [4.69, 9.17) is 0 Å². The smallest absolute Gasteiger partial charge is 0.281 e. The number of anilines is 1. The number of benzene rings is 1. The second kappa shape index (κ2) is 7.85. The summed E-state index contributed by atoms with van der Waals surface area (Å²) in [7, 11) is 1.80. The van der Waals surface area contributed by atoms with Crippen LogP contribution < -0.4 is 5.32 Å². The van der Waals surface area contributed by atoms with Gasteiger partial charge in [-0.3, -0.25) is 9.48 Å². The molecule has 4 rings (SSSR count). The van der Waals surface area contributed by atoms with Gasteiger partial charge in [0.15, 0.2) is 0 Å². The van der Waals surface area contributed by atoms with Gasteiger partial charge in [-0.15, -0.1) is 0 Å². The third-order valence-electron chi connectivity index (χ3n) is 5.41. The predicted octanol–water partition coefficient (Wildman–Crippen LogP) is 4.14. The van der Waals surface area contributed by atoms with E-state index in [0.29, 0.717) is 16.8 Å². The average molecular weight is 435 g/mol. The highest BCUT2D eigenvalue weighted by atomic mass is 19.3. The van der Waals surface area contributed by atoms with Gasteiger partial charge in [0.1, 0.15) is 23.1 Å². The second-order valence-corrected chi connectivity index (χ2v) is 7.49. The summed E-state index contributed by atoms with van der Waals surface area (Å²) in [6.07, 6.45) is 2.22. The number of nitriles is 1. The van der Waals surface area contributed by atoms with Gasteiger partial charge in [-0.1, -0.05) is 0 Å². The molecule has 32 heavy (non-hydrogen) atoms. The van der Waals surface area contributed by atoms with Crippen molar-refractivity contribution in [2.45, 2.75) is 27.2 Å². The third-order valence-corrected chi connectivity index (χ3v) is 5.41. The molecule has 162 valence electrons. The molecule has 0 spiro atoms. The van der Waals surface area contributed by atoms with Gasteiger partial charge < -0.3 is 5.32 Å². The van der Waals surface area contributed by atoms with E-state index in [1.165, 1.54) is 6.92 Å². The average Bonchev–Trinajstić information content (AvgIpc) is 3.35. The van der Waals surface area contributed by atoms with Gasteiger partial charge in [-0.05, 0) is 49.6 Å². The van der Waals surface area contributed by atoms with Crippen LogP contribution in [0.3, 0.4) is 0 Å². The molecule has 4 aromatic rings. The Kier molecular flexibility index (Phi) is 5.18. The Morgan fingerprint density at radius 2 is 1.91 bits per heavy atom. The molecule has 0 atom stereocenters. The monoisotopic (exact) mass is 435 g/mol. The van der Waals surface area contributed by atoms with Crippen molar-refractivity contribution >= 4 is 22.5 Å². The number of aryl methyl sites for hydroxylation is 2. The Morgan fingerprint density at radius 1 is 1.16 bits per heavy atom. The van der Waals surface area contributed by atoms with Crippen LogP contribution in [0.15, 0.2) is 30.7 Å². The first-order valence-electron chi connectivity index (χ1n) is 9.69. The number of halogens is 2. The van der Waals surface area contributed by atoms with E-state index in [0.717, 1.165) is 22.2 Å². The minimum absolute atomic E-state index is 0.142. The Bertz CT molecular complexity index is 1410. The van der Waals surface area contributed by atoms with Crippen molar-refractivity contribution in [3.63, 3.8) is 0 Å². The molecule has 1 aromatic carbocycles. The highest BCUT2D eigenvalue weighted by Crippen LogP contribution is 2.29. The van der Waals surface area contributed by atoms with Crippen LogP contribution in [-0.4, -0.2) is 30.5 Å². The van der Waals surface area contributed by atoms with E-state index in [-0.39, 0.29) is 11.3 Å². The number of hydrogen-bond acceptors (Lipinski definition) is 5. The molecule has 8 nitrogen and oxygen atoms in total. The Hall–Kier alpha value is -4.13. The fourth-order valence-corrected chi connectivity index (χ4v) is 3.56. The topological polar surface area (TPSA) is 101 Å². The number of nitrogens with one attached hydrogen (secondary N) is 1. The Balaban J connectivity index is 1.76. The fraction of sp³-hybridized carbons (Fsp3) is 0.227. The van der Waals surface area contributed by atoms with Crippen LogP contribution in [-0.2, 0) is 7.05 Å². The number of pyridine rings is 1. The zero-order valence-corrected chi connectivity index (χ0v) is 17.8. The number of aromatic nitrogens is 5. The van der Waals surface area contributed by atoms with Gasteiger partial charge in [0, 0.05) is 18.1 Å². The Morgan fingerprint density at radius 3 is 2.53 bits per heavy atom. The highest BCUT2D eigenvalue weighted by molar-refractivity contribution is 6.05. The fourth-order valence-electron chi connectivity index (χ4n) is 3.56. The lowest BCUT2D eigenvalue weighted by molar-refractivity contribution is 0.101. The molecule has 0 aliphatic carbocycles. The van der Waals surface area contributed by atoms with Gasteiger partial charge in [0.2, 0.25) is 0 Å². The number of hydrogen-bond donors (Lipinski definition) is 1. The first kappa shape index (κ1) is 21.1. The van der Waals surface area contributed by atoms with Crippen LogP contribution in [0.5, 0.6) is 0 Å². The molecule has 0 aliphatic rings. The largest absolute Gasteiger partial charge is 0.320 e. The maximum absolute atomic E-state index is 13.4. The van der Waals surface area contributed by atoms with Crippen LogP contribution in [0.25, 0.3) is 16.6 Å². The van der Waals surface area contributed by atoms with E-state index >= 15 is 0 Å². The maximum atomic E-state index is 13.4. The van der Waals surface area contributed by atoms with Crippen molar-refractivity contribution < 1.29 is 13.6 Å². The Labute approximate surface area is 182 Å².